The minimum Gasteiger partial charge on any atom is -0.395 e. The van der Waals surface area contributed by atoms with Crippen LogP contribution in [-0.4, -0.2) is 73.8 Å². The Morgan fingerprint density at radius 2 is 1.85 bits per heavy atom. The summed E-state index contributed by atoms with van der Waals surface area (Å²) in [7, 11) is -1.41. The lowest BCUT2D eigenvalue weighted by atomic mass is 9.97. The van der Waals surface area contributed by atoms with Crippen LogP contribution >= 0.6 is 0 Å². The van der Waals surface area contributed by atoms with E-state index in [4.69, 9.17) is 5.11 Å². The van der Waals surface area contributed by atoms with Crippen LogP contribution in [0.2, 0.25) is 0 Å². The highest BCUT2D eigenvalue weighted by Crippen LogP contribution is 2.35. The molecule has 2 aliphatic heterocycles. The van der Waals surface area contributed by atoms with E-state index in [2.05, 4.69) is 31.8 Å². The minimum absolute atomic E-state index is 0.0181. The summed E-state index contributed by atoms with van der Waals surface area (Å²) in [5.74, 6) is -2.21. The summed E-state index contributed by atoms with van der Waals surface area (Å²) < 4.78 is 58.4. The van der Waals surface area contributed by atoms with Gasteiger partial charge in [0, 0.05) is 56.0 Å². The summed E-state index contributed by atoms with van der Waals surface area (Å²) in [5.41, 5.74) is 3.00. The number of alkyl halides is 2. The Morgan fingerprint density at radius 3 is 2.56 bits per heavy atom. The molecule has 1 unspecified atom stereocenters. The first-order valence-corrected chi connectivity index (χ1v) is 14.4. The molecule has 3 aromatic rings. The fourth-order valence-electron chi connectivity index (χ4n) is 4.90. The van der Waals surface area contributed by atoms with E-state index in [9.17, 15) is 17.4 Å². The first-order valence-electron chi connectivity index (χ1n) is 13.1. The van der Waals surface area contributed by atoms with Crippen molar-refractivity contribution in [3.05, 3.63) is 42.3 Å². The second-order valence-electron chi connectivity index (χ2n) is 10.1. The Labute approximate surface area is 227 Å². The van der Waals surface area contributed by atoms with Crippen molar-refractivity contribution in [1.29, 1.82) is 0 Å². The normalized spacial score (nSPS) is 18.8. The zero-order chi connectivity index (χ0) is 27.6. The first kappa shape index (κ1) is 27.4. The van der Waals surface area contributed by atoms with E-state index in [-0.39, 0.29) is 44.1 Å². The summed E-state index contributed by atoms with van der Waals surface area (Å²) in [5, 5.41) is 17.7. The monoisotopic (exact) mass is 563 g/mol. The average Bonchev–Trinajstić information content (AvgIpc) is 3.40. The van der Waals surface area contributed by atoms with E-state index >= 15 is 0 Å². The number of aromatic nitrogens is 4. The van der Waals surface area contributed by atoms with Crippen molar-refractivity contribution in [3.63, 3.8) is 0 Å². The number of nitrogens with one attached hydrogen (secondary N) is 1. The van der Waals surface area contributed by atoms with E-state index < -0.39 is 22.7 Å². The van der Waals surface area contributed by atoms with Gasteiger partial charge in [0.2, 0.25) is 0 Å². The predicted molar refractivity (Wildman–Crippen MR) is 145 cm³/mol. The molecule has 2 N–H and O–H groups in total. The van der Waals surface area contributed by atoms with Gasteiger partial charge in [-0.2, -0.15) is 0 Å². The van der Waals surface area contributed by atoms with Gasteiger partial charge >= 0.3 is 0 Å². The standard InChI is InChI=1S/C26H32F3N7O2S/c1-18-6-10-34(11-7-18)23-16-19(32-39(38)15-14-37)2-3-20(23)22-17-36(33-31-22)24-5-4-21(27)25(30-24)35-12-8-26(28,29)9-13-35/h2-5,16-18,32,37H,6-15H2,1H3. The van der Waals surface area contributed by atoms with Gasteiger partial charge in [0.1, 0.15) is 16.7 Å². The third-order valence-corrected chi connectivity index (χ3v) is 8.26. The molecule has 1 atom stereocenters. The molecule has 0 bridgehead atoms. The number of hydrogen-bond acceptors (Lipinski definition) is 7. The molecule has 5 rings (SSSR count). The van der Waals surface area contributed by atoms with Crippen molar-refractivity contribution in [2.24, 2.45) is 5.92 Å². The second-order valence-corrected chi connectivity index (χ2v) is 11.4. The molecule has 2 fully saturated rings. The zero-order valence-electron chi connectivity index (χ0n) is 21.7. The highest BCUT2D eigenvalue weighted by molar-refractivity contribution is 7.86. The predicted octanol–water partition coefficient (Wildman–Crippen LogP) is 4.01. The van der Waals surface area contributed by atoms with Gasteiger partial charge in [0.05, 0.1) is 18.6 Å². The van der Waals surface area contributed by atoms with Gasteiger partial charge in [-0.1, -0.05) is 12.1 Å². The van der Waals surface area contributed by atoms with Gasteiger partial charge in [0.15, 0.2) is 17.5 Å². The average molecular weight is 564 g/mol. The molecule has 13 heteroatoms. The SMILES string of the molecule is CC1CCN(c2cc(NS(=O)CCO)ccc2-c2cn(-c3ccc(F)c(N4CCC(F)(F)CC4)n3)nn2)CC1. The fourth-order valence-corrected chi connectivity index (χ4v) is 5.56. The van der Waals surface area contributed by atoms with Gasteiger partial charge in [-0.3, -0.25) is 0 Å². The Balaban J connectivity index is 1.44. The molecule has 0 aliphatic carbocycles. The number of aliphatic hydroxyl groups excluding tert-OH is 1. The molecule has 0 radical (unpaired) electrons. The van der Waals surface area contributed by atoms with Crippen LogP contribution < -0.4 is 14.5 Å². The van der Waals surface area contributed by atoms with Crippen LogP contribution in [0.3, 0.4) is 0 Å². The van der Waals surface area contributed by atoms with Crippen LogP contribution in [0.1, 0.15) is 32.6 Å². The fraction of sp³-hybridized carbons (Fsp3) is 0.500. The van der Waals surface area contributed by atoms with E-state index in [0.717, 1.165) is 37.2 Å². The summed E-state index contributed by atoms with van der Waals surface area (Å²) >= 11 is 0. The van der Waals surface area contributed by atoms with E-state index in [1.807, 2.05) is 12.1 Å². The maximum absolute atomic E-state index is 14.6. The maximum Gasteiger partial charge on any atom is 0.251 e. The second kappa shape index (κ2) is 11.5. The Kier molecular flexibility index (Phi) is 8.08. The maximum atomic E-state index is 14.6. The number of piperidine rings is 2. The summed E-state index contributed by atoms with van der Waals surface area (Å²) in [6.45, 7) is 3.82. The molecule has 2 aromatic heterocycles. The molecule has 4 heterocycles. The van der Waals surface area contributed by atoms with Gasteiger partial charge in [-0.15, -0.1) is 5.10 Å². The van der Waals surface area contributed by atoms with Crippen molar-refractivity contribution in [3.8, 4) is 17.1 Å². The lowest BCUT2D eigenvalue weighted by Crippen LogP contribution is -2.40. The minimum atomic E-state index is -2.74. The number of benzene rings is 1. The molecule has 9 nitrogen and oxygen atoms in total. The number of aliphatic hydroxyl groups is 1. The van der Waals surface area contributed by atoms with Crippen LogP contribution in [0.25, 0.3) is 17.1 Å². The zero-order valence-corrected chi connectivity index (χ0v) is 22.5. The van der Waals surface area contributed by atoms with Gasteiger partial charge < -0.3 is 19.6 Å². The summed E-state index contributed by atoms with van der Waals surface area (Å²) in [6.07, 6.45) is 3.11. The van der Waals surface area contributed by atoms with Crippen molar-refractivity contribution in [2.75, 3.05) is 53.1 Å². The first-order chi connectivity index (χ1) is 18.7. The van der Waals surface area contributed by atoms with Crippen molar-refractivity contribution in [1.82, 2.24) is 20.0 Å². The quantitative estimate of drug-likeness (QED) is 0.427. The van der Waals surface area contributed by atoms with Crippen molar-refractivity contribution >= 4 is 28.2 Å². The largest absolute Gasteiger partial charge is 0.395 e. The van der Waals surface area contributed by atoms with Crippen molar-refractivity contribution < 1.29 is 22.5 Å². The highest BCUT2D eigenvalue weighted by atomic mass is 32.2. The van der Waals surface area contributed by atoms with Gasteiger partial charge in [-0.05, 0) is 49.1 Å². The Bertz CT molecular complexity index is 1320. The number of hydrogen-bond donors (Lipinski definition) is 2. The molecule has 0 spiro atoms. The third-order valence-electron chi connectivity index (χ3n) is 7.24. The number of nitrogens with zero attached hydrogens (tertiary/aromatic N) is 6. The third kappa shape index (κ3) is 6.35. The molecule has 0 amide bonds. The van der Waals surface area contributed by atoms with Crippen LogP contribution in [0.4, 0.5) is 30.4 Å². The van der Waals surface area contributed by atoms with Gasteiger partial charge in [-0.25, -0.2) is 27.0 Å². The molecule has 1 aromatic carbocycles. The van der Waals surface area contributed by atoms with E-state index in [1.165, 1.54) is 21.7 Å². The number of rotatable bonds is 8. The van der Waals surface area contributed by atoms with Crippen molar-refractivity contribution in [2.45, 2.75) is 38.5 Å². The topological polar surface area (TPSA) is 99.4 Å². The molecule has 2 saturated heterocycles. The lowest BCUT2D eigenvalue weighted by molar-refractivity contribution is -0.0222. The Hall–Kier alpha value is -3.19. The molecule has 2 aliphatic rings. The van der Waals surface area contributed by atoms with Crippen LogP contribution in [0.5, 0.6) is 0 Å². The highest BCUT2D eigenvalue weighted by Gasteiger charge is 2.35. The molecule has 0 saturated carbocycles. The number of pyridine rings is 1. The number of anilines is 3. The molecule has 39 heavy (non-hydrogen) atoms. The van der Waals surface area contributed by atoms with Gasteiger partial charge in [0.25, 0.3) is 5.92 Å². The van der Waals surface area contributed by atoms with Crippen LogP contribution in [-0.2, 0) is 11.0 Å². The molecule has 210 valence electrons. The summed E-state index contributed by atoms with van der Waals surface area (Å²) in [6, 6.07) is 8.36. The van der Waals surface area contributed by atoms with Crippen LogP contribution in [0, 0.1) is 11.7 Å². The summed E-state index contributed by atoms with van der Waals surface area (Å²) in [4.78, 5) is 8.21. The van der Waals surface area contributed by atoms with E-state index in [0.29, 0.717) is 23.1 Å². The van der Waals surface area contributed by atoms with Crippen LogP contribution in [0.15, 0.2) is 36.5 Å². The molecular weight excluding hydrogens is 531 g/mol. The molecular formula is C26H32F3N7O2S. The smallest absolute Gasteiger partial charge is 0.251 e. The number of halogens is 3. The Morgan fingerprint density at radius 1 is 1.10 bits per heavy atom. The van der Waals surface area contributed by atoms with E-state index in [1.54, 1.807) is 12.3 Å². The lowest BCUT2D eigenvalue weighted by Gasteiger charge is -2.33.